The van der Waals surface area contributed by atoms with Crippen LogP contribution in [0.3, 0.4) is 0 Å². The van der Waals surface area contributed by atoms with Crippen LogP contribution in [0.25, 0.3) is 0 Å². The molecule has 1 aromatic carbocycles. The molecule has 7 nitrogen and oxygen atoms in total. The highest BCUT2D eigenvalue weighted by atomic mass is 16.2. The quantitative estimate of drug-likeness (QED) is 0.881. The predicted octanol–water partition coefficient (Wildman–Crippen LogP) is 1.94. The van der Waals surface area contributed by atoms with Gasteiger partial charge in [-0.2, -0.15) is 0 Å². The van der Waals surface area contributed by atoms with Gasteiger partial charge in [-0.1, -0.05) is 18.2 Å². The molecule has 3 amide bonds. The first-order valence-electron chi connectivity index (χ1n) is 8.70. The van der Waals surface area contributed by atoms with Crippen LogP contribution in [0.15, 0.2) is 54.9 Å². The van der Waals surface area contributed by atoms with E-state index in [0.717, 1.165) is 18.8 Å². The number of urea groups is 1. The van der Waals surface area contributed by atoms with Crippen molar-refractivity contribution in [3.05, 3.63) is 54.9 Å². The molecule has 1 aromatic heterocycles. The molecule has 1 saturated heterocycles. The summed E-state index contributed by atoms with van der Waals surface area (Å²) in [5.74, 6) is -0.269. The molecule has 0 radical (unpaired) electrons. The number of amides is 3. The molecule has 1 aliphatic heterocycles. The lowest BCUT2D eigenvalue weighted by molar-refractivity contribution is -0.117. The zero-order valence-corrected chi connectivity index (χ0v) is 14.8. The third kappa shape index (κ3) is 4.50. The summed E-state index contributed by atoms with van der Waals surface area (Å²) >= 11 is 0. The highest BCUT2D eigenvalue weighted by Crippen LogP contribution is 2.15. The monoisotopic (exact) mass is 353 g/mol. The Balaban J connectivity index is 1.47. The molecule has 26 heavy (non-hydrogen) atoms. The molecule has 1 aliphatic rings. The van der Waals surface area contributed by atoms with Crippen molar-refractivity contribution >= 4 is 23.3 Å². The number of hydrogen-bond donors (Lipinski definition) is 2. The van der Waals surface area contributed by atoms with Gasteiger partial charge in [-0.05, 0) is 31.2 Å². The number of rotatable bonds is 4. The van der Waals surface area contributed by atoms with Crippen molar-refractivity contribution in [3.8, 4) is 0 Å². The van der Waals surface area contributed by atoms with Crippen LogP contribution in [0.1, 0.15) is 6.92 Å². The molecule has 1 atom stereocenters. The van der Waals surface area contributed by atoms with E-state index in [1.54, 1.807) is 36.4 Å². The van der Waals surface area contributed by atoms with E-state index in [0.29, 0.717) is 18.8 Å². The summed E-state index contributed by atoms with van der Waals surface area (Å²) in [6, 6.07) is 12.8. The summed E-state index contributed by atoms with van der Waals surface area (Å²) in [6.45, 7) is 4.46. The molecule has 7 heteroatoms. The zero-order valence-electron chi connectivity index (χ0n) is 14.8. The van der Waals surface area contributed by atoms with Crippen LogP contribution in [0, 0.1) is 0 Å². The van der Waals surface area contributed by atoms with Crippen LogP contribution in [0.4, 0.5) is 16.2 Å². The van der Waals surface area contributed by atoms with E-state index in [-0.39, 0.29) is 11.9 Å². The summed E-state index contributed by atoms with van der Waals surface area (Å²) in [7, 11) is 0. The number of nitrogens with one attached hydrogen (secondary N) is 2. The minimum atomic E-state index is -0.630. The van der Waals surface area contributed by atoms with Gasteiger partial charge in [0.1, 0.15) is 6.04 Å². The second-order valence-electron chi connectivity index (χ2n) is 6.21. The number of pyridine rings is 1. The molecule has 136 valence electrons. The van der Waals surface area contributed by atoms with Crippen molar-refractivity contribution in [1.82, 2.24) is 15.2 Å². The third-order valence-electron chi connectivity index (χ3n) is 4.35. The number of carbonyl (C=O) groups excluding carboxylic acids is 2. The van der Waals surface area contributed by atoms with Crippen LogP contribution in [-0.4, -0.2) is 54.0 Å². The highest BCUT2D eigenvalue weighted by molar-refractivity contribution is 5.96. The lowest BCUT2D eigenvalue weighted by Crippen LogP contribution is -2.54. The van der Waals surface area contributed by atoms with Gasteiger partial charge >= 0.3 is 6.03 Å². The minimum Gasteiger partial charge on any atom is -0.368 e. The van der Waals surface area contributed by atoms with Crippen LogP contribution in [0.5, 0.6) is 0 Å². The van der Waals surface area contributed by atoms with Gasteiger partial charge in [-0.25, -0.2) is 4.79 Å². The van der Waals surface area contributed by atoms with Crippen molar-refractivity contribution in [2.45, 2.75) is 13.0 Å². The van der Waals surface area contributed by atoms with Crippen molar-refractivity contribution in [2.24, 2.45) is 0 Å². The Hall–Kier alpha value is -3.09. The van der Waals surface area contributed by atoms with E-state index in [2.05, 4.69) is 32.7 Å². The Morgan fingerprint density at radius 3 is 2.42 bits per heavy atom. The SMILES string of the molecule is C[C@@H](NC(=O)N1CCN(c2ccccc2)CC1)C(=O)Nc1cccnc1. The largest absolute Gasteiger partial charge is 0.368 e. The topological polar surface area (TPSA) is 77.6 Å². The molecule has 1 fully saturated rings. The van der Waals surface area contributed by atoms with Gasteiger partial charge in [0.05, 0.1) is 11.9 Å². The number of nitrogens with zero attached hydrogens (tertiary/aromatic N) is 3. The van der Waals surface area contributed by atoms with Gasteiger partial charge in [-0.3, -0.25) is 9.78 Å². The third-order valence-corrected chi connectivity index (χ3v) is 4.35. The first kappa shape index (κ1) is 17.7. The second-order valence-corrected chi connectivity index (χ2v) is 6.21. The highest BCUT2D eigenvalue weighted by Gasteiger charge is 2.24. The molecule has 0 bridgehead atoms. The number of para-hydroxylation sites is 1. The normalized spacial score (nSPS) is 15.3. The zero-order chi connectivity index (χ0) is 18.4. The number of hydrogen-bond acceptors (Lipinski definition) is 4. The smallest absolute Gasteiger partial charge is 0.318 e. The Bertz CT molecular complexity index is 730. The summed E-state index contributed by atoms with van der Waals surface area (Å²) in [6.07, 6.45) is 3.20. The van der Waals surface area contributed by atoms with Gasteiger partial charge in [0.2, 0.25) is 5.91 Å². The number of benzene rings is 1. The Labute approximate surface area is 153 Å². The van der Waals surface area contributed by atoms with E-state index in [1.165, 1.54) is 0 Å². The van der Waals surface area contributed by atoms with Gasteiger partial charge in [0.25, 0.3) is 0 Å². The van der Waals surface area contributed by atoms with E-state index in [9.17, 15) is 9.59 Å². The van der Waals surface area contributed by atoms with Crippen molar-refractivity contribution < 1.29 is 9.59 Å². The Kier molecular flexibility index (Phi) is 5.68. The Morgan fingerprint density at radius 2 is 1.77 bits per heavy atom. The number of aromatic nitrogens is 1. The fraction of sp³-hybridized carbons (Fsp3) is 0.316. The maximum atomic E-state index is 12.4. The van der Waals surface area contributed by atoms with Crippen LogP contribution >= 0.6 is 0 Å². The molecule has 0 saturated carbocycles. The summed E-state index contributed by atoms with van der Waals surface area (Å²) in [4.78, 5) is 32.5. The van der Waals surface area contributed by atoms with Crippen LogP contribution in [0.2, 0.25) is 0 Å². The van der Waals surface area contributed by atoms with Crippen LogP contribution in [-0.2, 0) is 4.79 Å². The van der Waals surface area contributed by atoms with Crippen LogP contribution < -0.4 is 15.5 Å². The average Bonchev–Trinajstić information content (AvgIpc) is 2.69. The molecule has 2 aromatic rings. The molecular weight excluding hydrogens is 330 g/mol. The molecule has 0 spiro atoms. The molecular formula is C19H23N5O2. The first-order chi connectivity index (χ1) is 12.6. The summed E-state index contributed by atoms with van der Waals surface area (Å²) in [5.41, 5.74) is 1.77. The second kappa shape index (κ2) is 8.33. The van der Waals surface area contributed by atoms with Crippen molar-refractivity contribution in [2.75, 3.05) is 36.4 Å². The predicted molar refractivity (Wildman–Crippen MR) is 101 cm³/mol. The Morgan fingerprint density at radius 1 is 1.04 bits per heavy atom. The van der Waals surface area contributed by atoms with Gasteiger partial charge in [0, 0.05) is 38.1 Å². The molecule has 2 heterocycles. The van der Waals surface area contributed by atoms with Crippen molar-refractivity contribution in [3.63, 3.8) is 0 Å². The number of anilines is 2. The lowest BCUT2D eigenvalue weighted by atomic mass is 10.2. The van der Waals surface area contributed by atoms with E-state index >= 15 is 0 Å². The maximum Gasteiger partial charge on any atom is 0.318 e. The van der Waals surface area contributed by atoms with E-state index in [4.69, 9.17) is 0 Å². The fourth-order valence-corrected chi connectivity index (χ4v) is 2.84. The molecule has 2 N–H and O–H groups in total. The average molecular weight is 353 g/mol. The molecule has 3 rings (SSSR count). The maximum absolute atomic E-state index is 12.4. The van der Waals surface area contributed by atoms with Gasteiger partial charge in [0.15, 0.2) is 0 Å². The minimum absolute atomic E-state index is 0.216. The number of carbonyl (C=O) groups is 2. The number of piperazine rings is 1. The standard InChI is InChI=1S/C19H23N5O2/c1-15(18(25)22-16-6-5-9-20-14-16)21-19(26)24-12-10-23(11-13-24)17-7-3-2-4-8-17/h2-9,14-15H,10-13H2,1H3,(H,21,26)(H,22,25)/t15-/m1/s1. The van der Waals surface area contributed by atoms with E-state index < -0.39 is 6.04 Å². The van der Waals surface area contributed by atoms with Gasteiger partial charge < -0.3 is 20.4 Å². The summed E-state index contributed by atoms with van der Waals surface area (Å²) in [5, 5.41) is 5.50. The van der Waals surface area contributed by atoms with Crippen molar-refractivity contribution in [1.29, 1.82) is 0 Å². The molecule has 0 unspecified atom stereocenters. The van der Waals surface area contributed by atoms with E-state index in [1.807, 2.05) is 18.2 Å². The summed E-state index contributed by atoms with van der Waals surface area (Å²) < 4.78 is 0. The first-order valence-corrected chi connectivity index (χ1v) is 8.70. The lowest BCUT2D eigenvalue weighted by Gasteiger charge is -2.36. The van der Waals surface area contributed by atoms with Gasteiger partial charge in [-0.15, -0.1) is 0 Å². The molecule has 0 aliphatic carbocycles. The fourth-order valence-electron chi connectivity index (χ4n) is 2.84.